The topological polar surface area (TPSA) is 93.9 Å². The van der Waals surface area contributed by atoms with Crippen molar-refractivity contribution in [2.24, 2.45) is 10.8 Å². The number of hydrogen-bond acceptors (Lipinski definition) is 6. The smallest absolute Gasteiger partial charge is 0.392 e. The zero-order valence-electron chi connectivity index (χ0n) is 18.8. The van der Waals surface area contributed by atoms with Gasteiger partial charge in [0.2, 0.25) is 5.95 Å². The summed E-state index contributed by atoms with van der Waals surface area (Å²) in [4.78, 5) is 7.50. The minimum Gasteiger partial charge on any atom is -0.392 e. The number of hydrogen-bond donors (Lipinski definition) is 4. The lowest BCUT2D eigenvalue weighted by Gasteiger charge is -2.62. The van der Waals surface area contributed by atoms with Crippen molar-refractivity contribution >= 4 is 18.0 Å². The molecule has 0 radical (unpaired) electrons. The Bertz CT molecular complexity index is 933. The molecule has 1 fully saturated rings. The Hall–Kier alpha value is -2.63. The van der Waals surface area contributed by atoms with Gasteiger partial charge in [-0.1, -0.05) is 33.8 Å². The number of aromatic nitrogens is 2. The third kappa shape index (κ3) is 5.31. The monoisotopic (exact) mass is 479 g/mol. The lowest BCUT2D eigenvalue weighted by atomic mass is 9.49. The van der Waals surface area contributed by atoms with Crippen LogP contribution >= 0.6 is 0 Å². The van der Waals surface area contributed by atoms with Crippen LogP contribution in [0.2, 0.25) is 0 Å². The number of alkyl halides is 6. The van der Waals surface area contributed by atoms with Gasteiger partial charge in [-0.05, 0) is 18.6 Å². The second-order valence-corrected chi connectivity index (χ2v) is 8.99. The first-order valence-electron chi connectivity index (χ1n) is 10.0. The highest BCUT2D eigenvalue weighted by Gasteiger charge is 2.61. The van der Waals surface area contributed by atoms with Crippen LogP contribution in [0.3, 0.4) is 0 Å². The maximum atomic E-state index is 13.6. The van der Waals surface area contributed by atoms with Crippen LogP contribution in [-0.4, -0.2) is 46.2 Å². The van der Waals surface area contributed by atoms with E-state index in [1.165, 1.54) is 13.0 Å². The molecule has 0 spiro atoms. The molecule has 184 valence electrons. The molecule has 1 aromatic heterocycles. The van der Waals surface area contributed by atoms with E-state index in [4.69, 9.17) is 5.41 Å². The average molecular weight is 479 g/mol. The van der Waals surface area contributed by atoms with Crippen LogP contribution in [-0.2, 0) is 6.18 Å². The molecule has 1 heterocycles. The molecule has 0 unspecified atom stereocenters. The summed E-state index contributed by atoms with van der Waals surface area (Å²) in [5.74, 6) is -0.845. The molecule has 0 amide bonds. The molecule has 1 saturated carbocycles. The van der Waals surface area contributed by atoms with Crippen LogP contribution in [0.1, 0.15) is 40.2 Å². The van der Waals surface area contributed by atoms with Crippen molar-refractivity contribution < 1.29 is 31.4 Å². The van der Waals surface area contributed by atoms with Gasteiger partial charge in [-0.2, -0.15) is 31.3 Å². The minimum absolute atomic E-state index is 0.228. The highest BCUT2D eigenvalue weighted by Crippen LogP contribution is 2.55. The molecular formula is C21H27F6N5O. The van der Waals surface area contributed by atoms with Gasteiger partial charge in [-0.25, -0.2) is 4.98 Å². The molecule has 33 heavy (non-hydrogen) atoms. The van der Waals surface area contributed by atoms with Crippen molar-refractivity contribution in [2.75, 3.05) is 17.2 Å². The van der Waals surface area contributed by atoms with E-state index < -0.39 is 58.8 Å². The molecule has 6 nitrogen and oxygen atoms in total. The Kier molecular flexibility index (Phi) is 7.23. The van der Waals surface area contributed by atoms with Crippen molar-refractivity contribution in [1.29, 1.82) is 5.41 Å². The summed E-state index contributed by atoms with van der Waals surface area (Å²) >= 11 is 0. The Labute approximate surface area is 187 Å². The summed E-state index contributed by atoms with van der Waals surface area (Å²) in [7, 11) is 0. The van der Waals surface area contributed by atoms with E-state index in [2.05, 4.69) is 20.6 Å². The summed E-state index contributed by atoms with van der Waals surface area (Å²) in [6, 6.07) is -0.567. The van der Waals surface area contributed by atoms with Gasteiger partial charge >= 0.3 is 12.4 Å². The number of halogens is 6. The molecule has 12 heteroatoms. The Morgan fingerprint density at radius 1 is 1.15 bits per heavy atom. The Balaban J connectivity index is 2.36. The summed E-state index contributed by atoms with van der Waals surface area (Å²) in [6.45, 7) is 7.77. The van der Waals surface area contributed by atoms with Gasteiger partial charge in [-0.3, -0.25) is 0 Å². The summed E-state index contributed by atoms with van der Waals surface area (Å²) in [5, 5.41) is 22.6. The van der Waals surface area contributed by atoms with Crippen molar-refractivity contribution in [1.82, 2.24) is 9.97 Å². The third-order valence-corrected chi connectivity index (χ3v) is 5.96. The second kappa shape index (κ2) is 8.96. The van der Waals surface area contributed by atoms with Gasteiger partial charge in [0.1, 0.15) is 11.4 Å². The largest absolute Gasteiger partial charge is 0.421 e. The van der Waals surface area contributed by atoms with Crippen LogP contribution in [0.15, 0.2) is 29.5 Å². The standard InChI is InChI=1S/C21H27F6N5O/c1-6-11(12(7-8-28)20(22,23)24)9-29-17-30-10-13(21(25,26)27)14(32-17)31-15-18(2,3)16(33)19(15,4)5/h6-8,10,15-16,28,33H,9H2,1-5H3,(H2,29,30,31,32)/b11-6-,12-7+,28-8?. The van der Waals surface area contributed by atoms with E-state index >= 15 is 0 Å². The van der Waals surface area contributed by atoms with E-state index in [1.54, 1.807) is 27.7 Å². The normalized spacial score (nSPS) is 23.0. The van der Waals surface area contributed by atoms with Gasteiger partial charge in [0.25, 0.3) is 0 Å². The van der Waals surface area contributed by atoms with Crippen molar-refractivity contribution in [2.45, 2.75) is 59.1 Å². The summed E-state index contributed by atoms with van der Waals surface area (Å²) in [5.41, 5.74) is -3.92. The first-order valence-corrected chi connectivity index (χ1v) is 10.0. The third-order valence-electron chi connectivity index (χ3n) is 5.96. The first-order chi connectivity index (χ1) is 15.0. The molecule has 1 aromatic rings. The molecule has 4 N–H and O–H groups in total. The van der Waals surface area contributed by atoms with Crippen LogP contribution < -0.4 is 10.6 Å². The van der Waals surface area contributed by atoms with Gasteiger partial charge in [0.05, 0.1) is 11.7 Å². The van der Waals surface area contributed by atoms with E-state index in [-0.39, 0.29) is 11.5 Å². The molecule has 0 aliphatic heterocycles. The molecular weight excluding hydrogens is 452 g/mol. The molecule has 1 aliphatic carbocycles. The Morgan fingerprint density at radius 3 is 2.18 bits per heavy atom. The lowest BCUT2D eigenvalue weighted by molar-refractivity contribution is -0.163. The second-order valence-electron chi connectivity index (χ2n) is 8.99. The number of nitrogens with zero attached hydrogens (tertiary/aromatic N) is 2. The van der Waals surface area contributed by atoms with E-state index in [0.717, 1.165) is 0 Å². The fourth-order valence-corrected chi connectivity index (χ4v) is 4.42. The highest BCUT2D eigenvalue weighted by atomic mass is 19.4. The zero-order chi connectivity index (χ0) is 25.4. The fourth-order valence-electron chi connectivity index (χ4n) is 4.42. The van der Waals surface area contributed by atoms with Gasteiger partial charge in [0, 0.05) is 35.8 Å². The van der Waals surface area contributed by atoms with Crippen molar-refractivity contribution in [3.8, 4) is 0 Å². The molecule has 2 rings (SSSR count). The van der Waals surface area contributed by atoms with Crippen molar-refractivity contribution in [3.05, 3.63) is 35.1 Å². The van der Waals surface area contributed by atoms with Crippen LogP contribution in [0.25, 0.3) is 0 Å². The highest BCUT2D eigenvalue weighted by molar-refractivity contribution is 5.71. The lowest BCUT2D eigenvalue weighted by Crippen LogP contribution is -2.70. The predicted molar refractivity (Wildman–Crippen MR) is 113 cm³/mol. The van der Waals surface area contributed by atoms with Gasteiger partial charge < -0.3 is 21.1 Å². The molecule has 0 saturated heterocycles. The first kappa shape index (κ1) is 26.6. The molecule has 0 atom stereocenters. The summed E-state index contributed by atoms with van der Waals surface area (Å²) in [6.07, 6.45) is -7.45. The van der Waals surface area contributed by atoms with E-state index in [0.29, 0.717) is 18.5 Å². The quantitative estimate of drug-likeness (QED) is 0.245. The minimum atomic E-state index is -4.78. The number of aliphatic hydroxyl groups excluding tert-OH is 1. The average Bonchev–Trinajstić information content (AvgIpc) is 2.69. The zero-order valence-corrected chi connectivity index (χ0v) is 18.8. The number of allylic oxidation sites excluding steroid dienone is 2. The molecule has 1 aliphatic rings. The van der Waals surface area contributed by atoms with Gasteiger partial charge in [0.15, 0.2) is 0 Å². The molecule has 0 bridgehead atoms. The number of anilines is 2. The van der Waals surface area contributed by atoms with Crippen LogP contribution in [0, 0.1) is 16.2 Å². The van der Waals surface area contributed by atoms with Crippen molar-refractivity contribution in [3.63, 3.8) is 0 Å². The molecule has 0 aromatic carbocycles. The van der Waals surface area contributed by atoms with E-state index in [1.807, 2.05) is 0 Å². The maximum Gasteiger partial charge on any atom is 0.421 e. The number of nitrogens with one attached hydrogen (secondary N) is 3. The Morgan fingerprint density at radius 2 is 1.73 bits per heavy atom. The van der Waals surface area contributed by atoms with E-state index in [9.17, 15) is 31.4 Å². The van der Waals surface area contributed by atoms with Crippen LogP contribution in [0.5, 0.6) is 0 Å². The summed E-state index contributed by atoms with van der Waals surface area (Å²) < 4.78 is 80.4. The SMILES string of the molecule is C/C=C(CNc1ncc(C(F)(F)F)c(NC2C(C)(C)C(O)C2(C)C)n1)\C(=C/C=N)C(F)(F)F. The number of rotatable bonds is 7. The maximum absolute atomic E-state index is 13.6. The predicted octanol–water partition coefficient (Wildman–Crippen LogP) is 5.20. The van der Waals surface area contributed by atoms with Crippen LogP contribution in [0.4, 0.5) is 38.1 Å². The fraction of sp³-hybridized carbons (Fsp3) is 0.571. The number of aliphatic hydroxyl groups is 1. The van der Waals surface area contributed by atoms with Gasteiger partial charge in [-0.15, -0.1) is 0 Å².